The van der Waals surface area contributed by atoms with E-state index in [0.29, 0.717) is 10.9 Å². The van der Waals surface area contributed by atoms with E-state index in [2.05, 4.69) is 4.98 Å². The normalized spacial score (nSPS) is 13.1. The summed E-state index contributed by atoms with van der Waals surface area (Å²) < 4.78 is 1.61. The number of aromatic nitrogens is 2. The molecule has 0 N–H and O–H groups in total. The monoisotopic (exact) mass is 304 g/mol. The van der Waals surface area contributed by atoms with Gasteiger partial charge in [0, 0.05) is 18.6 Å². The molecule has 1 aliphatic rings. The van der Waals surface area contributed by atoms with Crippen LogP contribution >= 0.6 is 0 Å². The van der Waals surface area contributed by atoms with Crippen LogP contribution in [0.3, 0.4) is 0 Å². The van der Waals surface area contributed by atoms with Crippen molar-refractivity contribution in [1.29, 1.82) is 0 Å². The topological polar surface area (TPSA) is 69.0 Å². The maximum absolute atomic E-state index is 12.8. The summed E-state index contributed by atoms with van der Waals surface area (Å²) >= 11 is 0. The third-order valence-electron chi connectivity index (χ3n) is 4.24. The van der Waals surface area contributed by atoms with Crippen LogP contribution in [0.25, 0.3) is 10.9 Å². The van der Waals surface area contributed by atoms with Gasteiger partial charge in [-0.05, 0) is 30.7 Å². The quantitative estimate of drug-likeness (QED) is 0.498. The highest BCUT2D eigenvalue weighted by molar-refractivity contribution is 6.27. The standard InChI is InChI=1S/C18H12N2O3/c1-9-7-11-14(19-8-9)18(23)15-13(17(11)22)16(21)10-5-3-4-6-12(10)20(15)2/h3-8H,1-2H3. The highest BCUT2D eigenvalue weighted by Crippen LogP contribution is 2.26. The smallest absolute Gasteiger partial charge is 0.229 e. The number of carbonyl (C=O) groups excluding carboxylic acids is 2. The number of hydrogen-bond donors (Lipinski definition) is 0. The molecule has 0 bridgehead atoms. The Morgan fingerprint density at radius 3 is 2.57 bits per heavy atom. The summed E-state index contributed by atoms with van der Waals surface area (Å²) in [6.07, 6.45) is 1.55. The third kappa shape index (κ3) is 1.67. The number of ketones is 2. The first-order chi connectivity index (χ1) is 11.0. The van der Waals surface area contributed by atoms with Crippen LogP contribution in [0.1, 0.15) is 37.7 Å². The number of pyridine rings is 2. The Labute approximate surface area is 131 Å². The van der Waals surface area contributed by atoms with Crippen LogP contribution in [0, 0.1) is 6.92 Å². The maximum atomic E-state index is 12.8. The Morgan fingerprint density at radius 1 is 1.04 bits per heavy atom. The van der Waals surface area contributed by atoms with Gasteiger partial charge >= 0.3 is 0 Å². The highest BCUT2D eigenvalue weighted by Gasteiger charge is 2.35. The molecule has 5 heteroatoms. The first-order valence-corrected chi connectivity index (χ1v) is 7.18. The molecule has 23 heavy (non-hydrogen) atoms. The molecule has 0 saturated carbocycles. The summed E-state index contributed by atoms with van der Waals surface area (Å²) in [7, 11) is 1.69. The van der Waals surface area contributed by atoms with E-state index >= 15 is 0 Å². The lowest BCUT2D eigenvalue weighted by molar-refractivity contribution is 0.0968. The van der Waals surface area contributed by atoms with Gasteiger partial charge in [0.1, 0.15) is 11.4 Å². The number of benzene rings is 1. The largest absolute Gasteiger partial charge is 0.340 e. The minimum absolute atomic E-state index is 0.0592. The average Bonchev–Trinajstić information content (AvgIpc) is 2.56. The second-order valence-electron chi connectivity index (χ2n) is 5.70. The van der Waals surface area contributed by atoms with E-state index in [4.69, 9.17) is 0 Å². The zero-order chi connectivity index (χ0) is 16.3. The van der Waals surface area contributed by atoms with Crippen molar-refractivity contribution in [1.82, 2.24) is 9.55 Å². The number of aryl methyl sites for hydroxylation is 2. The third-order valence-corrected chi connectivity index (χ3v) is 4.24. The van der Waals surface area contributed by atoms with Gasteiger partial charge in [-0.15, -0.1) is 0 Å². The van der Waals surface area contributed by atoms with Gasteiger partial charge in [0.05, 0.1) is 16.6 Å². The molecule has 112 valence electrons. The van der Waals surface area contributed by atoms with Crippen molar-refractivity contribution in [2.24, 2.45) is 7.05 Å². The Balaban J connectivity index is 2.19. The highest BCUT2D eigenvalue weighted by atomic mass is 16.1. The fourth-order valence-corrected chi connectivity index (χ4v) is 3.14. The van der Waals surface area contributed by atoms with Gasteiger partial charge in [-0.1, -0.05) is 12.1 Å². The zero-order valence-corrected chi connectivity index (χ0v) is 12.6. The predicted octanol–water partition coefficient (Wildman–Crippen LogP) is 2.02. The summed E-state index contributed by atoms with van der Waals surface area (Å²) in [5.74, 6) is -0.822. The first kappa shape index (κ1) is 13.6. The van der Waals surface area contributed by atoms with Crippen LogP contribution in [0.15, 0.2) is 41.3 Å². The van der Waals surface area contributed by atoms with Crippen molar-refractivity contribution >= 4 is 22.5 Å². The number of carbonyl (C=O) groups is 2. The molecule has 0 saturated heterocycles. The van der Waals surface area contributed by atoms with Crippen molar-refractivity contribution in [3.05, 3.63) is 74.8 Å². The maximum Gasteiger partial charge on any atom is 0.229 e. The van der Waals surface area contributed by atoms with Crippen LogP contribution in [-0.2, 0) is 7.05 Å². The fourth-order valence-electron chi connectivity index (χ4n) is 3.14. The molecule has 3 aromatic rings. The molecular formula is C18H12N2O3. The summed E-state index contributed by atoms with van der Waals surface area (Å²) in [4.78, 5) is 42.5. The SMILES string of the molecule is Cc1cnc2c(c1)C(=O)c1c(n(C)c3ccccc3c1=O)C2=O. The number of hydrogen-bond acceptors (Lipinski definition) is 4. The van der Waals surface area contributed by atoms with Crippen LogP contribution in [0.2, 0.25) is 0 Å². The summed E-state index contributed by atoms with van der Waals surface area (Å²) in [6.45, 7) is 1.79. The van der Waals surface area contributed by atoms with Crippen molar-refractivity contribution in [3.63, 3.8) is 0 Å². The van der Waals surface area contributed by atoms with E-state index in [1.165, 1.54) is 0 Å². The van der Waals surface area contributed by atoms with E-state index in [1.807, 2.05) is 0 Å². The Morgan fingerprint density at radius 2 is 1.78 bits per heavy atom. The van der Waals surface area contributed by atoms with Gasteiger partial charge in [-0.2, -0.15) is 0 Å². The predicted molar refractivity (Wildman–Crippen MR) is 85.0 cm³/mol. The van der Waals surface area contributed by atoms with Crippen molar-refractivity contribution in [2.45, 2.75) is 6.92 Å². The molecule has 2 aromatic heterocycles. The fraction of sp³-hybridized carbons (Fsp3) is 0.111. The molecule has 0 atom stereocenters. The van der Waals surface area contributed by atoms with E-state index in [0.717, 1.165) is 5.56 Å². The van der Waals surface area contributed by atoms with Gasteiger partial charge in [0.2, 0.25) is 17.0 Å². The first-order valence-electron chi connectivity index (χ1n) is 7.18. The molecule has 0 fully saturated rings. The lowest BCUT2D eigenvalue weighted by atomic mass is 9.88. The van der Waals surface area contributed by atoms with Gasteiger partial charge in [-0.3, -0.25) is 19.4 Å². The minimum Gasteiger partial charge on any atom is -0.340 e. The van der Waals surface area contributed by atoms with Gasteiger partial charge < -0.3 is 4.57 Å². The lowest BCUT2D eigenvalue weighted by Gasteiger charge is -2.20. The molecule has 2 heterocycles. The van der Waals surface area contributed by atoms with Gasteiger partial charge in [0.25, 0.3) is 0 Å². The number of nitrogens with zero attached hydrogens (tertiary/aromatic N) is 2. The van der Waals surface area contributed by atoms with Crippen LogP contribution < -0.4 is 5.43 Å². The van der Waals surface area contributed by atoms with E-state index in [9.17, 15) is 14.4 Å². The molecule has 1 aromatic carbocycles. The number of rotatable bonds is 0. The Hall–Kier alpha value is -3.08. The molecule has 5 nitrogen and oxygen atoms in total. The Bertz CT molecular complexity index is 1090. The van der Waals surface area contributed by atoms with Crippen LogP contribution in [0.4, 0.5) is 0 Å². The molecular weight excluding hydrogens is 292 g/mol. The van der Waals surface area contributed by atoms with Crippen LogP contribution in [-0.4, -0.2) is 21.1 Å². The lowest BCUT2D eigenvalue weighted by Crippen LogP contribution is -2.32. The summed E-state index contributed by atoms with van der Waals surface area (Å²) in [5.41, 5.74) is 1.35. The minimum atomic E-state index is -0.433. The summed E-state index contributed by atoms with van der Waals surface area (Å²) in [6, 6.07) is 8.57. The molecule has 1 aliphatic carbocycles. The van der Waals surface area contributed by atoms with Crippen LogP contribution in [0.5, 0.6) is 0 Å². The number of para-hydroxylation sites is 1. The molecule has 0 radical (unpaired) electrons. The molecule has 0 spiro atoms. The zero-order valence-electron chi connectivity index (χ0n) is 12.6. The van der Waals surface area contributed by atoms with Crippen molar-refractivity contribution in [2.75, 3.05) is 0 Å². The van der Waals surface area contributed by atoms with Gasteiger partial charge in [0.15, 0.2) is 0 Å². The molecule has 0 aliphatic heterocycles. The Kier molecular flexibility index (Phi) is 2.63. The van der Waals surface area contributed by atoms with Crippen molar-refractivity contribution < 1.29 is 9.59 Å². The molecule has 0 amide bonds. The summed E-state index contributed by atoms with van der Waals surface area (Å²) in [5, 5.41) is 0.430. The second-order valence-corrected chi connectivity index (χ2v) is 5.70. The van der Waals surface area contributed by atoms with E-state index in [1.54, 1.807) is 55.1 Å². The van der Waals surface area contributed by atoms with E-state index < -0.39 is 11.2 Å². The average molecular weight is 304 g/mol. The molecule has 0 unspecified atom stereocenters. The second kappa shape index (κ2) is 4.46. The number of fused-ring (bicyclic) bond motifs is 3. The van der Waals surface area contributed by atoms with Gasteiger partial charge in [-0.25, -0.2) is 0 Å². The van der Waals surface area contributed by atoms with E-state index in [-0.39, 0.29) is 28.3 Å². The molecule has 4 rings (SSSR count). The van der Waals surface area contributed by atoms with Crippen molar-refractivity contribution in [3.8, 4) is 0 Å².